The van der Waals surface area contributed by atoms with E-state index in [1.54, 1.807) is 6.08 Å². The Kier molecular flexibility index (Phi) is 3.64. The third kappa shape index (κ3) is 2.19. The van der Waals surface area contributed by atoms with Crippen LogP contribution in [0.3, 0.4) is 0 Å². The molecule has 4 heteroatoms. The lowest BCUT2D eigenvalue weighted by molar-refractivity contribution is -0.175. The minimum absolute atomic E-state index is 0.0671. The summed E-state index contributed by atoms with van der Waals surface area (Å²) in [6.45, 7) is 4.98. The van der Waals surface area contributed by atoms with Crippen LogP contribution in [0.1, 0.15) is 65.2 Å². The van der Waals surface area contributed by atoms with Gasteiger partial charge in [0.2, 0.25) is 0 Å². The van der Waals surface area contributed by atoms with E-state index in [4.69, 9.17) is 4.74 Å². The van der Waals surface area contributed by atoms with E-state index in [0.717, 1.165) is 44.1 Å². The molecule has 4 aliphatic carbocycles. The van der Waals surface area contributed by atoms with Crippen molar-refractivity contribution in [2.75, 3.05) is 6.61 Å². The molecule has 0 spiro atoms. The molecule has 0 unspecified atom stereocenters. The zero-order valence-corrected chi connectivity index (χ0v) is 16.4. The maximum absolute atomic E-state index is 12.1. The molecule has 0 amide bonds. The summed E-state index contributed by atoms with van der Waals surface area (Å²) in [5, 5.41) is 12.1. The molecule has 4 nitrogen and oxygen atoms in total. The van der Waals surface area contributed by atoms with Gasteiger partial charge in [-0.25, -0.2) is 4.79 Å². The van der Waals surface area contributed by atoms with Crippen LogP contribution in [0.15, 0.2) is 23.3 Å². The topological polar surface area (TPSA) is 63.6 Å². The predicted molar refractivity (Wildman–Crippen MR) is 101 cm³/mol. The lowest BCUT2D eigenvalue weighted by Gasteiger charge is -2.61. The number of hydrogen-bond acceptors (Lipinski definition) is 4. The number of carbonyl (C=O) groups excluding carboxylic acids is 2. The third-order valence-corrected chi connectivity index (χ3v) is 9.26. The molecule has 27 heavy (non-hydrogen) atoms. The highest BCUT2D eigenvalue weighted by Gasteiger charge is 2.66. The van der Waals surface area contributed by atoms with Gasteiger partial charge in [-0.3, -0.25) is 4.79 Å². The Labute approximate surface area is 161 Å². The fourth-order valence-electron chi connectivity index (χ4n) is 7.63. The zero-order chi connectivity index (χ0) is 19.0. The van der Waals surface area contributed by atoms with Gasteiger partial charge in [0, 0.05) is 24.3 Å². The van der Waals surface area contributed by atoms with Crippen LogP contribution in [0.4, 0.5) is 0 Å². The lowest BCUT2D eigenvalue weighted by Crippen LogP contribution is -2.60. The van der Waals surface area contributed by atoms with Crippen LogP contribution in [0.5, 0.6) is 0 Å². The molecule has 0 aromatic carbocycles. The number of ketones is 1. The summed E-state index contributed by atoms with van der Waals surface area (Å²) >= 11 is 0. The summed E-state index contributed by atoms with van der Waals surface area (Å²) in [5.41, 5.74) is 1.59. The molecule has 0 bridgehead atoms. The van der Waals surface area contributed by atoms with Crippen LogP contribution in [-0.4, -0.2) is 29.1 Å². The summed E-state index contributed by atoms with van der Waals surface area (Å²) in [6.07, 6.45) is 10.9. The maximum atomic E-state index is 12.1. The van der Waals surface area contributed by atoms with E-state index in [2.05, 4.69) is 19.9 Å². The van der Waals surface area contributed by atoms with E-state index in [1.807, 2.05) is 0 Å². The van der Waals surface area contributed by atoms with Gasteiger partial charge in [-0.15, -0.1) is 0 Å². The second-order valence-corrected chi connectivity index (χ2v) is 10.1. The Morgan fingerprint density at radius 2 is 1.93 bits per heavy atom. The van der Waals surface area contributed by atoms with Crippen molar-refractivity contribution in [2.45, 2.75) is 70.8 Å². The Balaban J connectivity index is 1.51. The van der Waals surface area contributed by atoms with Crippen molar-refractivity contribution in [1.29, 1.82) is 0 Å². The van der Waals surface area contributed by atoms with Crippen molar-refractivity contribution in [3.63, 3.8) is 0 Å². The van der Waals surface area contributed by atoms with E-state index in [0.29, 0.717) is 31.1 Å². The molecule has 146 valence electrons. The maximum Gasteiger partial charge on any atom is 0.331 e. The van der Waals surface area contributed by atoms with E-state index in [1.165, 1.54) is 5.57 Å². The van der Waals surface area contributed by atoms with Crippen LogP contribution >= 0.6 is 0 Å². The molecule has 3 fully saturated rings. The molecule has 1 heterocycles. The van der Waals surface area contributed by atoms with Gasteiger partial charge in [-0.1, -0.05) is 25.5 Å². The van der Waals surface area contributed by atoms with Crippen LogP contribution in [0.25, 0.3) is 0 Å². The van der Waals surface area contributed by atoms with Gasteiger partial charge in [0.05, 0.1) is 5.60 Å². The van der Waals surface area contributed by atoms with Gasteiger partial charge in [0.15, 0.2) is 0 Å². The van der Waals surface area contributed by atoms with Crippen molar-refractivity contribution in [2.24, 2.45) is 28.6 Å². The number of carbonyl (C=O) groups is 2. The fraction of sp³-hybridized carbons (Fsp3) is 0.739. The molecule has 6 atom stereocenters. The van der Waals surface area contributed by atoms with Crippen molar-refractivity contribution in [3.8, 4) is 0 Å². The number of fused-ring (bicyclic) bond motifs is 5. The largest absolute Gasteiger partial charge is 0.458 e. The molecular formula is C23H30O4. The van der Waals surface area contributed by atoms with Crippen molar-refractivity contribution < 1.29 is 19.4 Å². The van der Waals surface area contributed by atoms with Gasteiger partial charge < -0.3 is 9.84 Å². The molecule has 0 radical (unpaired) electrons. The molecule has 3 saturated carbocycles. The van der Waals surface area contributed by atoms with Crippen LogP contribution in [0, 0.1) is 28.6 Å². The minimum atomic E-state index is -0.695. The number of ether oxygens (including phenoxy) is 1. The SMILES string of the molecule is C[C@]12CCC(=O)CC1=CC[C@@H]1[C@@H]2CC[C@]2(C)[C@@H](C3=CC(=O)OC3)CC[C@]12O. The second-order valence-electron chi connectivity index (χ2n) is 10.1. The highest BCUT2D eigenvalue weighted by atomic mass is 16.5. The smallest absolute Gasteiger partial charge is 0.331 e. The van der Waals surface area contributed by atoms with Crippen molar-refractivity contribution >= 4 is 11.8 Å². The number of rotatable bonds is 1. The zero-order valence-electron chi connectivity index (χ0n) is 16.4. The van der Waals surface area contributed by atoms with E-state index >= 15 is 0 Å². The summed E-state index contributed by atoms with van der Waals surface area (Å²) < 4.78 is 5.18. The number of allylic oxidation sites excluding steroid dienone is 2. The summed E-state index contributed by atoms with van der Waals surface area (Å²) in [7, 11) is 0. The number of cyclic esters (lactones) is 1. The first-order valence-corrected chi connectivity index (χ1v) is 10.6. The van der Waals surface area contributed by atoms with Gasteiger partial charge in [0.1, 0.15) is 12.4 Å². The van der Waals surface area contributed by atoms with Gasteiger partial charge in [-0.05, 0) is 67.3 Å². The van der Waals surface area contributed by atoms with Crippen molar-refractivity contribution in [1.82, 2.24) is 0 Å². The van der Waals surface area contributed by atoms with Crippen molar-refractivity contribution in [3.05, 3.63) is 23.3 Å². The second kappa shape index (κ2) is 5.56. The van der Waals surface area contributed by atoms with Crippen LogP contribution in [-0.2, 0) is 14.3 Å². The molecule has 1 N–H and O–H groups in total. The Morgan fingerprint density at radius 1 is 1.11 bits per heavy atom. The molecule has 5 rings (SSSR count). The number of Topliss-reactive ketones (excluding diaryl/α,β-unsaturated/α-hetero) is 1. The average molecular weight is 370 g/mol. The average Bonchev–Trinajstić information content (AvgIpc) is 3.16. The third-order valence-electron chi connectivity index (χ3n) is 9.26. The van der Waals surface area contributed by atoms with Crippen LogP contribution in [0.2, 0.25) is 0 Å². The molecule has 0 saturated heterocycles. The Hall–Kier alpha value is -1.42. The number of esters is 1. The number of aliphatic hydroxyl groups is 1. The minimum Gasteiger partial charge on any atom is -0.458 e. The van der Waals surface area contributed by atoms with Gasteiger partial charge in [0.25, 0.3) is 0 Å². The lowest BCUT2D eigenvalue weighted by atomic mass is 9.45. The number of hydrogen-bond donors (Lipinski definition) is 1. The summed E-state index contributed by atoms with van der Waals surface area (Å²) in [4.78, 5) is 23.6. The monoisotopic (exact) mass is 370 g/mol. The normalized spacial score (nSPS) is 48.9. The standard InChI is InChI=1S/C23H30O4/c1-21-8-5-16(24)12-15(21)3-4-19-18(21)6-9-22(2)17(7-10-23(19,22)26)14-11-20(25)27-13-14/h3,11,17-19,26H,4-10,12-13H2,1-2H3/t17-,18+,19-,21+,22-,23+/m1/s1. The quantitative estimate of drug-likeness (QED) is 0.564. The molecule has 0 aromatic rings. The Morgan fingerprint density at radius 3 is 2.67 bits per heavy atom. The molecule has 1 aliphatic heterocycles. The van der Waals surface area contributed by atoms with Crippen LogP contribution < -0.4 is 0 Å². The summed E-state index contributed by atoms with van der Waals surface area (Å²) in [6, 6.07) is 0. The predicted octanol–water partition coefficient (Wildman–Crippen LogP) is 3.73. The fourth-order valence-corrected chi connectivity index (χ4v) is 7.63. The first-order valence-electron chi connectivity index (χ1n) is 10.6. The van der Waals surface area contributed by atoms with E-state index < -0.39 is 5.60 Å². The summed E-state index contributed by atoms with van der Waals surface area (Å²) in [5.74, 6) is 1.08. The molecule has 5 aliphatic rings. The Bertz CT molecular complexity index is 779. The molecule has 0 aromatic heterocycles. The van der Waals surface area contributed by atoms with E-state index in [9.17, 15) is 14.7 Å². The van der Waals surface area contributed by atoms with E-state index in [-0.39, 0.29) is 28.6 Å². The van der Waals surface area contributed by atoms with Gasteiger partial charge >= 0.3 is 5.97 Å². The molecular weight excluding hydrogens is 340 g/mol. The highest BCUT2D eigenvalue weighted by Crippen LogP contribution is 2.68. The highest BCUT2D eigenvalue weighted by molar-refractivity contribution is 5.85. The first-order chi connectivity index (χ1) is 12.8. The van der Waals surface area contributed by atoms with Gasteiger partial charge in [-0.2, -0.15) is 0 Å². The first kappa shape index (κ1) is 17.7.